The van der Waals surface area contributed by atoms with Crippen molar-refractivity contribution in [3.63, 3.8) is 0 Å². The summed E-state index contributed by atoms with van der Waals surface area (Å²) in [5, 5.41) is 2.27. The van der Waals surface area contributed by atoms with Crippen LogP contribution in [0.4, 0.5) is 34.1 Å². The highest BCUT2D eigenvalue weighted by Gasteiger charge is 2.44. The van der Waals surface area contributed by atoms with Gasteiger partial charge in [0.25, 0.3) is 6.71 Å². The molecule has 3 heterocycles. The maximum atomic E-state index is 6.81. The molecular formula is C58H59BN2O. The first-order valence-electron chi connectivity index (χ1n) is 22.5. The lowest BCUT2D eigenvalue weighted by molar-refractivity contribution is 0.590. The van der Waals surface area contributed by atoms with E-state index in [1.54, 1.807) is 0 Å². The van der Waals surface area contributed by atoms with Crippen molar-refractivity contribution in [1.29, 1.82) is 0 Å². The highest BCUT2D eigenvalue weighted by molar-refractivity contribution is 7.00. The molecular weight excluding hydrogens is 751 g/mol. The number of para-hydroxylation sites is 2. The number of furan rings is 1. The van der Waals surface area contributed by atoms with Crippen LogP contribution in [0.5, 0.6) is 0 Å². The van der Waals surface area contributed by atoms with Gasteiger partial charge in [-0.3, -0.25) is 0 Å². The van der Waals surface area contributed by atoms with Gasteiger partial charge in [0.2, 0.25) is 0 Å². The normalized spacial score (nSPS) is 14.0. The van der Waals surface area contributed by atoms with Crippen molar-refractivity contribution in [2.75, 3.05) is 9.80 Å². The van der Waals surface area contributed by atoms with Gasteiger partial charge in [-0.25, -0.2) is 0 Å². The molecule has 1 aromatic heterocycles. The van der Waals surface area contributed by atoms with E-state index >= 15 is 0 Å². The van der Waals surface area contributed by atoms with Crippen LogP contribution in [0.2, 0.25) is 0 Å². The molecule has 8 aromatic rings. The van der Waals surface area contributed by atoms with Gasteiger partial charge in [-0.05, 0) is 115 Å². The molecule has 0 amide bonds. The number of hydrogen-bond donors (Lipinski definition) is 0. The number of benzene rings is 7. The Bertz CT molecular complexity index is 3070. The van der Waals surface area contributed by atoms with Gasteiger partial charge in [0.1, 0.15) is 11.2 Å². The molecule has 0 unspecified atom stereocenters. The Morgan fingerprint density at radius 1 is 0.387 bits per heavy atom. The van der Waals surface area contributed by atoms with Crippen LogP contribution < -0.4 is 26.2 Å². The molecule has 7 aromatic carbocycles. The Morgan fingerprint density at radius 3 is 1.47 bits per heavy atom. The van der Waals surface area contributed by atoms with Crippen LogP contribution in [-0.2, 0) is 21.7 Å². The lowest BCUT2D eigenvalue weighted by atomic mass is 9.33. The van der Waals surface area contributed by atoms with Crippen LogP contribution in [0.1, 0.15) is 105 Å². The molecule has 62 heavy (non-hydrogen) atoms. The second kappa shape index (κ2) is 13.8. The monoisotopic (exact) mass is 810 g/mol. The van der Waals surface area contributed by atoms with Crippen molar-refractivity contribution < 1.29 is 4.42 Å². The molecule has 310 valence electrons. The van der Waals surface area contributed by atoms with Crippen molar-refractivity contribution in [2.45, 2.75) is 105 Å². The Hall–Kier alpha value is -6.00. The van der Waals surface area contributed by atoms with Crippen LogP contribution in [-0.4, -0.2) is 6.71 Å². The molecule has 0 fully saturated rings. The first-order valence-corrected chi connectivity index (χ1v) is 22.5. The average molecular weight is 811 g/mol. The minimum Gasteiger partial charge on any atom is -0.455 e. The molecule has 2 aliphatic heterocycles. The summed E-state index contributed by atoms with van der Waals surface area (Å²) in [6, 6.07) is 53.0. The zero-order chi connectivity index (χ0) is 43.7. The van der Waals surface area contributed by atoms with E-state index in [2.05, 4.69) is 232 Å². The van der Waals surface area contributed by atoms with Crippen molar-refractivity contribution in [3.8, 4) is 11.1 Å². The maximum absolute atomic E-state index is 6.81. The molecule has 0 atom stereocenters. The molecule has 0 radical (unpaired) electrons. The van der Waals surface area contributed by atoms with Gasteiger partial charge >= 0.3 is 0 Å². The lowest BCUT2D eigenvalue weighted by Gasteiger charge is -2.45. The molecule has 0 bridgehead atoms. The molecule has 0 aliphatic carbocycles. The SMILES string of the molecule is CC(C)(C)c1ccc(N2c3ccc(C(C)(C)C)cc3B3c4cc(C(C)(C)C)ccc4N(c4ccc(C(C)(C)C)cc4-c4cccc5c4oc4ccccc45)c4cccc2c43)cc1. The highest BCUT2D eigenvalue weighted by atomic mass is 16.3. The zero-order valence-corrected chi connectivity index (χ0v) is 38.7. The molecule has 2 aliphatic rings. The van der Waals surface area contributed by atoms with Crippen LogP contribution in [0, 0.1) is 0 Å². The van der Waals surface area contributed by atoms with Crippen molar-refractivity contribution in [3.05, 3.63) is 162 Å². The molecule has 4 heteroatoms. The average Bonchev–Trinajstić information content (AvgIpc) is 3.61. The van der Waals surface area contributed by atoms with E-state index in [9.17, 15) is 0 Å². The second-order valence-electron chi connectivity index (χ2n) is 21.9. The lowest BCUT2D eigenvalue weighted by Crippen LogP contribution is -2.61. The molecule has 3 nitrogen and oxygen atoms in total. The van der Waals surface area contributed by atoms with Gasteiger partial charge in [-0.2, -0.15) is 0 Å². The van der Waals surface area contributed by atoms with E-state index in [1.807, 2.05) is 0 Å². The number of hydrogen-bond acceptors (Lipinski definition) is 3. The molecule has 10 rings (SSSR count). The van der Waals surface area contributed by atoms with Crippen LogP contribution in [0.3, 0.4) is 0 Å². The van der Waals surface area contributed by atoms with E-state index in [0.717, 1.165) is 38.8 Å². The van der Waals surface area contributed by atoms with E-state index in [0.29, 0.717) is 0 Å². The number of rotatable bonds is 3. The van der Waals surface area contributed by atoms with Gasteiger partial charge in [0.15, 0.2) is 0 Å². The van der Waals surface area contributed by atoms with Gasteiger partial charge in [-0.15, -0.1) is 0 Å². The van der Waals surface area contributed by atoms with Gasteiger partial charge < -0.3 is 14.2 Å². The van der Waals surface area contributed by atoms with Crippen LogP contribution >= 0.6 is 0 Å². The third-order valence-corrected chi connectivity index (χ3v) is 13.5. The summed E-state index contributed by atoms with van der Waals surface area (Å²) in [5.74, 6) is 0. The van der Waals surface area contributed by atoms with Gasteiger partial charge in [-0.1, -0.05) is 168 Å². The fraction of sp³-hybridized carbons (Fsp3) is 0.276. The zero-order valence-electron chi connectivity index (χ0n) is 38.7. The first-order chi connectivity index (χ1) is 29.3. The molecule has 0 saturated heterocycles. The Balaban J connectivity index is 1.30. The van der Waals surface area contributed by atoms with E-state index in [-0.39, 0.29) is 28.4 Å². The second-order valence-corrected chi connectivity index (χ2v) is 21.9. The predicted octanol–water partition coefficient (Wildman–Crippen LogP) is 14.5. The van der Waals surface area contributed by atoms with Crippen molar-refractivity contribution >= 4 is 79.2 Å². The van der Waals surface area contributed by atoms with Crippen molar-refractivity contribution in [1.82, 2.24) is 0 Å². The Labute approximate surface area is 369 Å². The third-order valence-electron chi connectivity index (χ3n) is 13.5. The highest BCUT2D eigenvalue weighted by Crippen LogP contribution is 2.49. The summed E-state index contributed by atoms with van der Waals surface area (Å²) in [6.07, 6.45) is 0. The van der Waals surface area contributed by atoms with Crippen LogP contribution in [0.25, 0.3) is 33.1 Å². The summed E-state index contributed by atoms with van der Waals surface area (Å²) >= 11 is 0. The molecule has 0 saturated carbocycles. The number of anilines is 6. The summed E-state index contributed by atoms with van der Waals surface area (Å²) < 4.78 is 6.81. The molecule has 0 spiro atoms. The van der Waals surface area contributed by atoms with Crippen LogP contribution in [0.15, 0.2) is 144 Å². The molecule has 0 N–H and O–H groups in total. The number of nitrogens with zero attached hydrogens (tertiary/aromatic N) is 2. The quantitative estimate of drug-likeness (QED) is 0.166. The largest absolute Gasteiger partial charge is 0.455 e. The van der Waals surface area contributed by atoms with E-state index in [4.69, 9.17) is 4.42 Å². The van der Waals surface area contributed by atoms with Gasteiger partial charge in [0, 0.05) is 50.3 Å². The Kier molecular flexibility index (Phi) is 8.89. The summed E-state index contributed by atoms with van der Waals surface area (Å²) in [5.41, 5.74) is 20.5. The third kappa shape index (κ3) is 6.40. The fourth-order valence-corrected chi connectivity index (χ4v) is 9.90. The van der Waals surface area contributed by atoms with E-state index < -0.39 is 0 Å². The first kappa shape index (κ1) is 40.1. The summed E-state index contributed by atoms with van der Waals surface area (Å²) in [7, 11) is 0. The minimum absolute atomic E-state index is 0.0215. The summed E-state index contributed by atoms with van der Waals surface area (Å²) in [4.78, 5) is 5.10. The number of fused-ring (bicyclic) bond motifs is 7. The topological polar surface area (TPSA) is 19.6 Å². The minimum atomic E-state index is -0.0645. The van der Waals surface area contributed by atoms with Crippen molar-refractivity contribution in [2.24, 2.45) is 0 Å². The standard InChI is InChI=1S/C58H59BN2O/c1-55(2,3)36-23-28-40(29-24-36)60-48-31-26-38(57(7,8)9)34-45(48)59-46-35-39(58(10,11)12)27-32-49(46)61(51-21-16-20-50(60)53(51)59)47-30-25-37(56(4,5)6)33-44(47)43-19-15-18-42-41-17-13-14-22-52(41)62-54(42)43/h13-35H,1-12H3. The fourth-order valence-electron chi connectivity index (χ4n) is 9.90. The maximum Gasteiger partial charge on any atom is 0.252 e. The Morgan fingerprint density at radius 2 is 0.871 bits per heavy atom. The smallest absolute Gasteiger partial charge is 0.252 e. The van der Waals surface area contributed by atoms with Gasteiger partial charge in [0.05, 0.1) is 5.69 Å². The summed E-state index contributed by atoms with van der Waals surface area (Å²) in [6.45, 7) is 27.8. The predicted molar refractivity (Wildman–Crippen MR) is 268 cm³/mol. The van der Waals surface area contributed by atoms with E-state index in [1.165, 1.54) is 67.1 Å².